The molecule has 150 valence electrons. The van der Waals surface area contributed by atoms with Gasteiger partial charge in [0.25, 0.3) is 0 Å². The van der Waals surface area contributed by atoms with E-state index in [4.69, 9.17) is 21.1 Å². The van der Waals surface area contributed by atoms with Crippen LogP contribution in [0.5, 0.6) is 11.5 Å². The van der Waals surface area contributed by atoms with E-state index in [2.05, 4.69) is 5.32 Å². The third-order valence-corrected chi connectivity index (χ3v) is 6.19. The van der Waals surface area contributed by atoms with Gasteiger partial charge >= 0.3 is 0 Å². The minimum Gasteiger partial charge on any atom is -0.493 e. The standard InChI is InChI=1S/C21H30ClNO4/c1-21(2,25)14-4-7-16(8-5-14)23-20(24)13-10-17(11-13)27-19-12-15(22)6-9-18(19)26-3/h6,9,12-14,16-17,25H,4-5,7-8,10-11H2,1-3H3,(H,23,24)/t13-,14-,16-,17-. The lowest BCUT2D eigenvalue weighted by atomic mass is 9.76. The maximum absolute atomic E-state index is 12.5. The summed E-state index contributed by atoms with van der Waals surface area (Å²) >= 11 is 6.03. The van der Waals surface area contributed by atoms with E-state index in [1.807, 2.05) is 13.8 Å². The van der Waals surface area contributed by atoms with Crippen molar-refractivity contribution in [2.45, 2.75) is 70.1 Å². The van der Waals surface area contributed by atoms with E-state index < -0.39 is 5.60 Å². The van der Waals surface area contributed by atoms with Crippen molar-refractivity contribution in [3.8, 4) is 11.5 Å². The molecule has 0 atom stereocenters. The zero-order valence-electron chi connectivity index (χ0n) is 16.3. The van der Waals surface area contributed by atoms with Crippen LogP contribution in [0.4, 0.5) is 0 Å². The molecule has 2 saturated carbocycles. The lowest BCUT2D eigenvalue weighted by Gasteiger charge is -2.38. The Morgan fingerprint density at radius 2 is 1.85 bits per heavy atom. The SMILES string of the molecule is COc1ccc(Cl)cc1O[C@H]1C[C@H](C(=O)N[C@H]2CC[C@H](C(C)(C)O)CC2)C1. The summed E-state index contributed by atoms with van der Waals surface area (Å²) in [5.41, 5.74) is -0.630. The van der Waals surface area contributed by atoms with Crippen LogP contribution in [0.25, 0.3) is 0 Å². The zero-order valence-corrected chi connectivity index (χ0v) is 17.1. The van der Waals surface area contributed by atoms with Gasteiger partial charge in [-0.3, -0.25) is 4.79 Å². The summed E-state index contributed by atoms with van der Waals surface area (Å²) in [6.07, 6.45) is 5.22. The van der Waals surface area contributed by atoms with E-state index >= 15 is 0 Å². The minimum absolute atomic E-state index is 0.00665. The van der Waals surface area contributed by atoms with Crippen LogP contribution >= 0.6 is 11.6 Å². The Hall–Kier alpha value is -1.46. The maximum Gasteiger partial charge on any atom is 0.223 e. The van der Waals surface area contributed by atoms with Crippen LogP contribution in [0.3, 0.4) is 0 Å². The number of carbonyl (C=O) groups is 1. The molecule has 0 saturated heterocycles. The number of halogens is 1. The third-order valence-electron chi connectivity index (χ3n) is 5.96. The third kappa shape index (κ3) is 5.08. The quantitative estimate of drug-likeness (QED) is 0.765. The number of methoxy groups -OCH3 is 1. The van der Waals surface area contributed by atoms with Crippen molar-refractivity contribution in [2.75, 3.05) is 7.11 Å². The van der Waals surface area contributed by atoms with Gasteiger partial charge in [0.2, 0.25) is 5.91 Å². The number of benzene rings is 1. The molecular weight excluding hydrogens is 366 g/mol. The highest BCUT2D eigenvalue weighted by Gasteiger charge is 2.38. The summed E-state index contributed by atoms with van der Waals surface area (Å²) in [6.45, 7) is 3.75. The summed E-state index contributed by atoms with van der Waals surface area (Å²) < 4.78 is 11.3. The van der Waals surface area contributed by atoms with Crippen LogP contribution < -0.4 is 14.8 Å². The smallest absolute Gasteiger partial charge is 0.223 e. The Morgan fingerprint density at radius 1 is 1.19 bits per heavy atom. The predicted octanol–water partition coefficient (Wildman–Crippen LogP) is 3.95. The molecule has 1 aromatic carbocycles. The lowest BCUT2D eigenvalue weighted by Crippen LogP contribution is -2.48. The van der Waals surface area contributed by atoms with E-state index in [1.165, 1.54) is 0 Å². The number of ether oxygens (including phenoxy) is 2. The van der Waals surface area contributed by atoms with Gasteiger partial charge in [0.15, 0.2) is 11.5 Å². The topological polar surface area (TPSA) is 67.8 Å². The van der Waals surface area contributed by atoms with Gasteiger partial charge in [-0.05, 0) is 70.4 Å². The molecule has 5 nitrogen and oxygen atoms in total. The van der Waals surface area contributed by atoms with Crippen molar-refractivity contribution in [3.05, 3.63) is 23.2 Å². The number of nitrogens with one attached hydrogen (secondary N) is 1. The molecule has 1 amide bonds. The molecule has 0 bridgehead atoms. The molecule has 0 unspecified atom stereocenters. The Balaban J connectivity index is 1.42. The highest BCUT2D eigenvalue weighted by Crippen LogP contribution is 2.37. The first kappa shape index (κ1) is 20.3. The molecule has 0 spiro atoms. The van der Waals surface area contributed by atoms with E-state index in [1.54, 1.807) is 25.3 Å². The molecule has 0 radical (unpaired) electrons. The van der Waals surface area contributed by atoms with Gasteiger partial charge in [-0.1, -0.05) is 11.6 Å². The van der Waals surface area contributed by atoms with E-state index in [-0.39, 0.29) is 24.0 Å². The number of hydrogen-bond acceptors (Lipinski definition) is 4. The minimum atomic E-state index is -0.630. The van der Waals surface area contributed by atoms with E-state index in [0.29, 0.717) is 35.3 Å². The average Bonchev–Trinajstić information content (AvgIpc) is 2.57. The van der Waals surface area contributed by atoms with Gasteiger partial charge in [0.1, 0.15) is 6.10 Å². The highest BCUT2D eigenvalue weighted by atomic mass is 35.5. The lowest BCUT2D eigenvalue weighted by molar-refractivity contribution is -0.131. The van der Waals surface area contributed by atoms with Gasteiger partial charge in [0.05, 0.1) is 12.7 Å². The fourth-order valence-corrected chi connectivity index (χ4v) is 4.22. The van der Waals surface area contributed by atoms with Crippen LogP contribution in [0.15, 0.2) is 18.2 Å². The van der Waals surface area contributed by atoms with Crippen LogP contribution in [0.1, 0.15) is 52.4 Å². The molecule has 6 heteroatoms. The Bertz CT molecular complexity index is 659. The summed E-state index contributed by atoms with van der Waals surface area (Å²) in [5, 5.41) is 13.9. The Morgan fingerprint density at radius 3 is 2.44 bits per heavy atom. The van der Waals surface area contributed by atoms with Crippen LogP contribution in [0.2, 0.25) is 5.02 Å². The summed E-state index contributed by atoms with van der Waals surface area (Å²) in [5.74, 6) is 1.72. The average molecular weight is 396 g/mol. The normalized spacial score (nSPS) is 28.2. The number of carbonyl (C=O) groups excluding carboxylic acids is 1. The van der Waals surface area contributed by atoms with Crippen LogP contribution in [-0.2, 0) is 4.79 Å². The molecule has 1 aromatic rings. The fourth-order valence-electron chi connectivity index (χ4n) is 4.06. The molecule has 3 rings (SSSR count). The molecule has 2 fully saturated rings. The van der Waals surface area contributed by atoms with Crippen LogP contribution in [0, 0.1) is 11.8 Å². The Labute approximate surface area is 166 Å². The first-order valence-electron chi connectivity index (χ1n) is 9.79. The zero-order chi connectivity index (χ0) is 19.6. The van der Waals surface area contributed by atoms with Gasteiger partial charge in [0, 0.05) is 23.0 Å². The van der Waals surface area contributed by atoms with Crippen molar-refractivity contribution >= 4 is 17.5 Å². The summed E-state index contributed by atoms with van der Waals surface area (Å²) in [6, 6.07) is 5.51. The summed E-state index contributed by atoms with van der Waals surface area (Å²) in [4.78, 5) is 12.5. The molecule has 2 N–H and O–H groups in total. The number of aliphatic hydroxyl groups is 1. The van der Waals surface area contributed by atoms with Crippen molar-refractivity contribution in [1.29, 1.82) is 0 Å². The molecule has 0 aliphatic heterocycles. The number of hydrogen-bond donors (Lipinski definition) is 2. The van der Waals surface area contributed by atoms with E-state index in [0.717, 1.165) is 25.7 Å². The van der Waals surface area contributed by atoms with Gasteiger partial charge in [-0.25, -0.2) is 0 Å². The van der Waals surface area contributed by atoms with Gasteiger partial charge < -0.3 is 19.9 Å². The molecule has 2 aliphatic rings. The molecular formula is C21H30ClNO4. The first-order valence-corrected chi connectivity index (χ1v) is 10.2. The van der Waals surface area contributed by atoms with E-state index in [9.17, 15) is 9.90 Å². The highest BCUT2D eigenvalue weighted by molar-refractivity contribution is 6.30. The van der Waals surface area contributed by atoms with Crippen molar-refractivity contribution < 1.29 is 19.4 Å². The number of rotatable bonds is 6. The predicted molar refractivity (Wildman–Crippen MR) is 105 cm³/mol. The molecule has 0 heterocycles. The monoisotopic (exact) mass is 395 g/mol. The van der Waals surface area contributed by atoms with Crippen molar-refractivity contribution in [1.82, 2.24) is 5.32 Å². The molecule has 27 heavy (non-hydrogen) atoms. The van der Waals surface area contributed by atoms with Gasteiger partial charge in [-0.15, -0.1) is 0 Å². The number of amides is 1. The van der Waals surface area contributed by atoms with Crippen molar-refractivity contribution in [3.63, 3.8) is 0 Å². The first-order chi connectivity index (χ1) is 12.8. The van der Waals surface area contributed by atoms with Crippen LogP contribution in [-0.4, -0.2) is 35.9 Å². The van der Waals surface area contributed by atoms with Crippen molar-refractivity contribution in [2.24, 2.45) is 11.8 Å². The van der Waals surface area contributed by atoms with Gasteiger partial charge in [-0.2, -0.15) is 0 Å². The largest absolute Gasteiger partial charge is 0.493 e. The Kier molecular flexibility index (Phi) is 6.21. The second kappa shape index (κ2) is 8.27. The second-order valence-electron chi connectivity index (χ2n) is 8.41. The summed E-state index contributed by atoms with van der Waals surface area (Å²) in [7, 11) is 1.60. The fraction of sp³-hybridized carbons (Fsp3) is 0.667. The molecule has 0 aromatic heterocycles. The second-order valence-corrected chi connectivity index (χ2v) is 8.85. The molecule has 2 aliphatic carbocycles. The maximum atomic E-state index is 12.5.